The first-order chi connectivity index (χ1) is 5.96. The number of nitrogens with one attached hydrogen (secondary N) is 1. The molecule has 0 saturated heterocycles. The fourth-order valence-electron chi connectivity index (χ4n) is 0.765. The molecule has 0 heterocycles. The van der Waals surface area contributed by atoms with Crippen molar-refractivity contribution in [1.29, 1.82) is 0 Å². The van der Waals surface area contributed by atoms with Gasteiger partial charge in [0.1, 0.15) is 9.84 Å². The number of aliphatic hydroxyl groups is 1. The molecule has 0 aliphatic rings. The molecule has 4 nitrogen and oxygen atoms in total. The first kappa shape index (κ1) is 13.9. The Morgan fingerprint density at radius 3 is 1.93 bits per heavy atom. The fraction of sp³-hybridized carbons (Fsp3) is 1.00. The van der Waals surface area contributed by atoms with Crippen molar-refractivity contribution in [3.63, 3.8) is 0 Å². The fourth-order valence-corrected chi connectivity index (χ4v) is 1.24. The molecule has 0 aromatic carbocycles. The zero-order chi connectivity index (χ0) is 11.6. The molecule has 86 valence electrons. The summed E-state index contributed by atoms with van der Waals surface area (Å²) in [6.07, 6.45) is 1.20. The maximum absolute atomic E-state index is 10.9. The van der Waals surface area contributed by atoms with Crippen LogP contribution in [0.15, 0.2) is 0 Å². The summed E-state index contributed by atoms with van der Waals surface area (Å²) in [6, 6.07) is 0. The highest BCUT2D eigenvalue weighted by Gasteiger charge is 2.34. The van der Waals surface area contributed by atoms with E-state index in [1.54, 1.807) is 13.8 Å². The van der Waals surface area contributed by atoms with Crippen molar-refractivity contribution in [2.75, 3.05) is 18.6 Å². The van der Waals surface area contributed by atoms with E-state index in [0.29, 0.717) is 6.54 Å². The van der Waals surface area contributed by atoms with Gasteiger partial charge in [0.15, 0.2) is 0 Å². The summed E-state index contributed by atoms with van der Waals surface area (Å²) in [5.41, 5.74) is -1.39. The van der Waals surface area contributed by atoms with Gasteiger partial charge in [-0.3, -0.25) is 0 Å². The van der Waals surface area contributed by atoms with E-state index in [9.17, 15) is 13.5 Å². The highest BCUT2D eigenvalue weighted by molar-refractivity contribution is 7.90. The molecular weight excluding hydrogens is 202 g/mol. The van der Waals surface area contributed by atoms with Gasteiger partial charge in [0.2, 0.25) is 0 Å². The predicted octanol–water partition coefficient (Wildman–Crippen LogP) is 0.170. The monoisotopic (exact) mass is 223 g/mol. The minimum absolute atomic E-state index is 0.0898. The third-order valence-electron chi connectivity index (χ3n) is 2.57. The lowest BCUT2D eigenvalue weighted by atomic mass is 9.86. The predicted molar refractivity (Wildman–Crippen MR) is 58.1 cm³/mol. The van der Waals surface area contributed by atoms with E-state index in [1.165, 1.54) is 6.26 Å². The first-order valence-electron chi connectivity index (χ1n) is 4.61. The summed E-state index contributed by atoms with van der Waals surface area (Å²) in [5.74, 6) is 0.0898. The molecule has 14 heavy (non-hydrogen) atoms. The Labute approximate surface area is 86.6 Å². The molecule has 0 aromatic heterocycles. The molecule has 0 rings (SSSR count). The Balaban J connectivity index is 4.15. The van der Waals surface area contributed by atoms with Crippen LogP contribution in [0.2, 0.25) is 0 Å². The van der Waals surface area contributed by atoms with Crippen molar-refractivity contribution in [2.24, 2.45) is 0 Å². The van der Waals surface area contributed by atoms with E-state index in [-0.39, 0.29) is 5.75 Å². The Bertz CT molecular complexity index is 275. The summed E-state index contributed by atoms with van der Waals surface area (Å²) in [5, 5.41) is 12.8. The smallest absolute Gasteiger partial charge is 0.148 e. The van der Waals surface area contributed by atoms with Crippen LogP contribution in [0.25, 0.3) is 0 Å². The van der Waals surface area contributed by atoms with Crippen LogP contribution in [0.5, 0.6) is 0 Å². The Kier molecular flexibility index (Phi) is 4.12. The van der Waals surface area contributed by atoms with Gasteiger partial charge in [-0.05, 0) is 27.7 Å². The highest BCUT2D eigenvalue weighted by atomic mass is 32.2. The van der Waals surface area contributed by atoms with Gasteiger partial charge in [-0.1, -0.05) is 0 Å². The van der Waals surface area contributed by atoms with Crippen LogP contribution in [0.3, 0.4) is 0 Å². The average molecular weight is 223 g/mol. The number of sulfone groups is 1. The summed E-state index contributed by atoms with van der Waals surface area (Å²) < 4.78 is 21.7. The van der Waals surface area contributed by atoms with Crippen LogP contribution in [-0.4, -0.2) is 43.2 Å². The van der Waals surface area contributed by atoms with E-state index in [4.69, 9.17) is 0 Å². The van der Waals surface area contributed by atoms with Gasteiger partial charge in [0.05, 0.1) is 11.4 Å². The Morgan fingerprint density at radius 1 is 1.21 bits per heavy atom. The lowest BCUT2D eigenvalue weighted by molar-refractivity contribution is -0.00345. The largest absolute Gasteiger partial charge is 0.389 e. The molecule has 0 bridgehead atoms. The molecule has 0 atom stereocenters. The van der Waals surface area contributed by atoms with Crippen LogP contribution in [0.1, 0.15) is 27.7 Å². The summed E-state index contributed by atoms with van der Waals surface area (Å²) in [4.78, 5) is 0. The number of hydrogen-bond acceptors (Lipinski definition) is 4. The highest BCUT2D eigenvalue weighted by Crippen LogP contribution is 2.19. The van der Waals surface area contributed by atoms with E-state index in [2.05, 4.69) is 5.32 Å². The van der Waals surface area contributed by atoms with E-state index < -0.39 is 21.0 Å². The molecule has 0 spiro atoms. The van der Waals surface area contributed by atoms with Crippen LogP contribution < -0.4 is 5.32 Å². The number of rotatable bonds is 5. The molecule has 0 saturated carbocycles. The third-order valence-corrected chi connectivity index (χ3v) is 3.52. The molecule has 0 aromatic rings. The van der Waals surface area contributed by atoms with Gasteiger partial charge in [0, 0.05) is 18.3 Å². The molecular formula is C9H21NO3S. The normalized spacial score (nSPS) is 14.4. The van der Waals surface area contributed by atoms with E-state index in [1.807, 2.05) is 13.8 Å². The summed E-state index contributed by atoms with van der Waals surface area (Å²) in [7, 11) is -2.94. The van der Waals surface area contributed by atoms with E-state index in [0.717, 1.165) is 0 Å². The Hall–Kier alpha value is -0.130. The second kappa shape index (κ2) is 4.16. The van der Waals surface area contributed by atoms with E-state index >= 15 is 0 Å². The standard InChI is InChI=1S/C9H21NO3S/c1-8(2,9(3,4)11)10-6-7-14(5,12)13/h10-11H,6-7H2,1-5H3. The average Bonchev–Trinajstić information content (AvgIpc) is 1.80. The minimum atomic E-state index is -2.94. The molecule has 0 radical (unpaired) electrons. The quantitative estimate of drug-likeness (QED) is 0.697. The van der Waals surface area contributed by atoms with Gasteiger partial charge < -0.3 is 10.4 Å². The van der Waals surface area contributed by atoms with Gasteiger partial charge in [-0.2, -0.15) is 0 Å². The topological polar surface area (TPSA) is 66.4 Å². The van der Waals surface area contributed by atoms with Gasteiger partial charge in [-0.25, -0.2) is 8.42 Å². The number of hydrogen-bond donors (Lipinski definition) is 2. The van der Waals surface area contributed by atoms with Crippen LogP contribution in [0, 0.1) is 0 Å². The summed E-state index contributed by atoms with van der Waals surface area (Å²) >= 11 is 0. The van der Waals surface area contributed by atoms with Gasteiger partial charge in [-0.15, -0.1) is 0 Å². The molecule has 0 aliphatic carbocycles. The molecule has 5 heteroatoms. The zero-order valence-electron chi connectivity index (χ0n) is 9.59. The zero-order valence-corrected chi connectivity index (χ0v) is 10.4. The van der Waals surface area contributed by atoms with Crippen molar-refractivity contribution in [2.45, 2.75) is 38.8 Å². The first-order valence-corrected chi connectivity index (χ1v) is 6.67. The minimum Gasteiger partial charge on any atom is -0.389 e. The van der Waals surface area contributed by atoms with Crippen molar-refractivity contribution in [1.82, 2.24) is 5.32 Å². The molecule has 2 N–H and O–H groups in total. The Morgan fingerprint density at radius 2 is 1.64 bits per heavy atom. The van der Waals surface area contributed by atoms with Crippen molar-refractivity contribution in [3.8, 4) is 0 Å². The maximum Gasteiger partial charge on any atom is 0.148 e. The van der Waals surface area contributed by atoms with Crippen molar-refractivity contribution >= 4 is 9.84 Å². The van der Waals surface area contributed by atoms with Gasteiger partial charge in [0.25, 0.3) is 0 Å². The van der Waals surface area contributed by atoms with Crippen LogP contribution >= 0.6 is 0 Å². The third kappa shape index (κ3) is 4.93. The second-order valence-corrected chi connectivity index (χ2v) is 7.00. The SMILES string of the molecule is CC(C)(O)C(C)(C)NCCS(C)(=O)=O. The molecule has 0 fully saturated rings. The molecule has 0 amide bonds. The van der Waals surface area contributed by atoms with Crippen molar-refractivity contribution < 1.29 is 13.5 Å². The summed E-state index contributed by atoms with van der Waals surface area (Å²) in [6.45, 7) is 7.43. The molecule has 0 aliphatic heterocycles. The van der Waals surface area contributed by atoms with Crippen molar-refractivity contribution in [3.05, 3.63) is 0 Å². The molecule has 0 unspecified atom stereocenters. The van der Waals surface area contributed by atoms with Gasteiger partial charge >= 0.3 is 0 Å². The maximum atomic E-state index is 10.9. The van der Waals surface area contributed by atoms with Crippen LogP contribution in [-0.2, 0) is 9.84 Å². The second-order valence-electron chi connectivity index (χ2n) is 4.74. The van der Waals surface area contributed by atoms with Crippen LogP contribution in [0.4, 0.5) is 0 Å². The lowest BCUT2D eigenvalue weighted by Gasteiger charge is -2.38. The lowest BCUT2D eigenvalue weighted by Crippen LogP contribution is -2.56.